The third-order valence-electron chi connectivity index (χ3n) is 7.86. The van der Waals surface area contributed by atoms with E-state index >= 15 is 0 Å². The second kappa shape index (κ2) is 9.68. The van der Waals surface area contributed by atoms with Gasteiger partial charge in [0.05, 0.1) is 26.1 Å². The molecule has 0 aromatic heterocycles. The molecule has 1 aliphatic heterocycles. The average Bonchev–Trinajstić information content (AvgIpc) is 3.45. The summed E-state index contributed by atoms with van der Waals surface area (Å²) in [5.41, 5.74) is 2.88. The molecule has 4 atom stereocenters. The lowest BCUT2D eigenvalue weighted by Crippen LogP contribution is -2.35. The van der Waals surface area contributed by atoms with Crippen molar-refractivity contribution in [2.45, 2.75) is 32.1 Å². The van der Waals surface area contributed by atoms with Crippen molar-refractivity contribution in [2.75, 3.05) is 20.8 Å². The first kappa shape index (κ1) is 23.3. The minimum Gasteiger partial charge on any atom is -0.493 e. The first-order chi connectivity index (χ1) is 17.0. The number of hydrogen-bond acceptors (Lipinski definition) is 5. The van der Waals surface area contributed by atoms with Crippen molar-refractivity contribution in [3.05, 3.63) is 71.3 Å². The van der Waals surface area contributed by atoms with Crippen molar-refractivity contribution >= 4 is 17.6 Å². The van der Waals surface area contributed by atoms with Crippen molar-refractivity contribution in [3.8, 4) is 11.5 Å². The maximum absolute atomic E-state index is 13.6. The first-order valence-electron chi connectivity index (χ1n) is 12.4. The van der Waals surface area contributed by atoms with E-state index in [0.29, 0.717) is 30.0 Å². The van der Waals surface area contributed by atoms with Crippen LogP contribution in [0.2, 0.25) is 0 Å². The molecule has 0 radical (unpaired) electrons. The maximum Gasteiger partial charge on any atom is 0.233 e. The number of ketones is 1. The van der Waals surface area contributed by atoms with Gasteiger partial charge in [-0.1, -0.05) is 48.0 Å². The van der Waals surface area contributed by atoms with E-state index in [1.54, 1.807) is 14.2 Å². The van der Waals surface area contributed by atoms with Crippen LogP contribution in [0.5, 0.6) is 11.5 Å². The highest BCUT2D eigenvalue weighted by Crippen LogP contribution is 2.51. The van der Waals surface area contributed by atoms with Gasteiger partial charge in [0.15, 0.2) is 17.3 Å². The van der Waals surface area contributed by atoms with Crippen LogP contribution in [0.3, 0.4) is 0 Å². The Morgan fingerprint density at radius 1 is 0.971 bits per heavy atom. The first-order valence-corrected chi connectivity index (χ1v) is 12.4. The topological polar surface area (TPSA) is 72.9 Å². The zero-order valence-corrected chi connectivity index (χ0v) is 20.2. The maximum atomic E-state index is 13.6. The molecule has 1 heterocycles. The summed E-state index contributed by atoms with van der Waals surface area (Å²) in [6.45, 7) is 0.321. The smallest absolute Gasteiger partial charge is 0.233 e. The number of nitrogens with zero attached hydrogens (tertiary/aromatic N) is 1. The highest BCUT2D eigenvalue weighted by atomic mass is 16.5. The van der Waals surface area contributed by atoms with E-state index in [-0.39, 0.29) is 41.8 Å². The Hall–Kier alpha value is -3.41. The molecule has 0 spiro atoms. The summed E-state index contributed by atoms with van der Waals surface area (Å²) in [7, 11) is 3.17. The molecule has 182 valence electrons. The fourth-order valence-electron chi connectivity index (χ4n) is 6.18. The van der Waals surface area contributed by atoms with Crippen LogP contribution in [-0.2, 0) is 16.0 Å². The number of fused-ring (bicyclic) bond motifs is 3. The van der Waals surface area contributed by atoms with Crippen LogP contribution in [0.4, 0.5) is 0 Å². The quantitative estimate of drug-likeness (QED) is 0.321. The minimum atomic E-state index is -0.451. The Labute approximate surface area is 205 Å². The van der Waals surface area contributed by atoms with Crippen LogP contribution >= 0.6 is 0 Å². The predicted molar refractivity (Wildman–Crippen MR) is 131 cm³/mol. The second-order valence-corrected chi connectivity index (χ2v) is 9.72. The molecule has 6 heteroatoms. The van der Waals surface area contributed by atoms with Gasteiger partial charge in [0.1, 0.15) is 0 Å². The molecule has 35 heavy (non-hydrogen) atoms. The van der Waals surface area contributed by atoms with E-state index in [1.165, 1.54) is 10.5 Å². The Morgan fingerprint density at radius 3 is 2.46 bits per heavy atom. The monoisotopic (exact) mass is 473 g/mol. The van der Waals surface area contributed by atoms with Crippen LogP contribution in [0, 0.1) is 23.7 Å². The summed E-state index contributed by atoms with van der Waals surface area (Å²) in [5, 5.41) is 0. The highest BCUT2D eigenvalue weighted by Gasteiger charge is 2.56. The molecular formula is C29H31NO5. The number of rotatable bonds is 8. The molecule has 2 aromatic carbocycles. The fraction of sp³-hybridized carbons (Fsp3) is 0.414. The van der Waals surface area contributed by atoms with Crippen LogP contribution in [0.15, 0.2) is 60.2 Å². The number of methoxy groups -OCH3 is 2. The molecule has 3 aliphatic rings. The van der Waals surface area contributed by atoms with E-state index in [2.05, 4.69) is 6.08 Å². The standard InChI is InChI=1S/C29H31NO5/c1-34-24-12-11-18(15-25(24)35-2)13-14-30-28(32)26-21(17-23(31)19-7-4-3-5-8-19)16-20-9-6-10-22(20)27(26)29(30)33/h3-5,7-8,11-12,15-16,21-22,26-27H,6,9-10,13-14,17H2,1-2H3/t21-,22-,26?,27?/m1/s1. The highest BCUT2D eigenvalue weighted by molar-refractivity contribution is 6.06. The molecular weight excluding hydrogens is 442 g/mol. The van der Waals surface area contributed by atoms with Gasteiger partial charge >= 0.3 is 0 Å². The van der Waals surface area contributed by atoms with Gasteiger partial charge in [-0.05, 0) is 55.2 Å². The Balaban J connectivity index is 1.37. The van der Waals surface area contributed by atoms with Gasteiger partial charge < -0.3 is 9.47 Å². The van der Waals surface area contributed by atoms with Gasteiger partial charge in [-0.2, -0.15) is 0 Å². The van der Waals surface area contributed by atoms with Crippen molar-refractivity contribution in [1.29, 1.82) is 0 Å². The molecule has 5 rings (SSSR count). The summed E-state index contributed by atoms with van der Waals surface area (Å²) >= 11 is 0. The average molecular weight is 474 g/mol. The molecule has 2 aliphatic carbocycles. The van der Waals surface area contributed by atoms with E-state index < -0.39 is 5.92 Å². The van der Waals surface area contributed by atoms with E-state index in [4.69, 9.17) is 9.47 Å². The lowest BCUT2D eigenvalue weighted by atomic mass is 9.67. The summed E-state index contributed by atoms with van der Waals surface area (Å²) in [5.74, 6) is 0.176. The predicted octanol–water partition coefficient (Wildman–Crippen LogP) is 4.48. The van der Waals surface area contributed by atoms with Gasteiger partial charge in [0, 0.05) is 18.5 Å². The second-order valence-electron chi connectivity index (χ2n) is 9.72. The SMILES string of the molecule is COc1ccc(CCN2C(=O)C3C(C2=O)[C@@H]2CCCC2=C[C@@H]3CC(=O)c2ccccc2)cc1OC. The molecule has 2 unspecified atom stereocenters. The van der Waals surface area contributed by atoms with E-state index in [1.807, 2.05) is 48.5 Å². The number of benzene rings is 2. The van der Waals surface area contributed by atoms with Gasteiger partial charge in [-0.15, -0.1) is 0 Å². The zero-order valence-electron chi connectivity index (χ0n) is 20.2. The zero-order chi connectivity index (χ0) is 24.5. The lowest BCUT2D eigenvalue weighted by molar-refractivity contribution is -0.140. The summed E-state index contributed by atoms with van der Waals surface area (Å²) in [4.78, 5) is 41.7. The molecule has 1 saturated heterocycles. The molecule has 1 saturated carbocycles. The number of amides is 2. The number of ether oxygens (including phenoxy) is 2. The third-order valence-corrected chi connectivity index (χ3v) is 7.86. The van der Waals surface area contributed by atoms with E-state index in [0.717, 1.165) is 24.8 Å². The Bertz CT molecular complexity index is 1170. The summed E-state index contributed by atoms with van der Waals surface area (Å²) in [6.07, 6.45) is 5.88. The van der Waals surface area contributed by atoms with Gasteiger partial charge in [0.25, 0.3) is 0 Å². The number of Topliss-reactive ketones (excluding diaryl/α,β-unsaturated/α-hetero) is 1. The molecule has 2 aromatic rings. The van der Waals surface area contributed by atoms with Gasteiger partial charge in [0.2, 0.25) is 11.8 Å². The summed E-state index contributed by atoms with van der Waals surface area (Å²) < 4.78 is 10.7. The normalized spacial score (nSPS) is 25.2. The van der Waals surface area contributed by atoms with Crippen molar-refractivity contribution in [2.24, 2.45) is 23.7 Å². The Morgan fingerprint density at radius 2 is 1.71 bits per heavy atom. The van der Waals surface area contributed by atoms with Crippen LogP contribution in [0.1, 0.15) is 41.6 Å². The van der Waals surface area contributed by atoms with Crippen LogP contribution < -0.4 is 9.47 Å². The lowest BCUT2D eigenvalue weighted by Gasteiger charge is -2.33. The third kappa shape index (κ3) is 4.26. The fourth-order valence-corrected chi connectivity index (χ4v) is 6.18. The largest absolute Gasteiger partial charge is 0.493 e. The number of allylic oxidation sites excluding steroid dienone is 2. The molecule has 2 fully saturated rings. The van der Waals surface area contributed by atoms with Crippen molar-refractivity contribution < 1.29 is 23.9 Å². The van der Waals surface area contributed by atoms with Gasteiger partial charge in [-0.3, -0.25) is 19.3 Å². The van der Waals surface area contributed by atoms with Crippen LogP contribution in [-0.4, -0.2) is 43.3 Å². The molecule has 2 amide bonds. The van der Waals surface area contributed by atoms with E-state index in [9.17, 15) is 14.4 Å². The number of likely N-dealkylation sites (tertiary alicyclic amines) is 1. The number of imide groups is 1. The summed E-state index contributed by atoms with van der Waals surface area (Å²) in [6, 6.07) is 14.9. The molecule has 0 N–H and O–H groups in total. The van der Waals surface area contributed by atoms with Crippen molar-refractivity contribution in [1.82, 2.24) is 4.90 Å². The van der Waals surface area contributed by atoms with Gasteiger partial charge in [-0.25, -0.2) is 0 Å². The Kier molecular flexibility index (Phi) is 6.46. The number of carbonyl (C=O) groups is 3. The molecule has 6 nitrogen and oxygen atoms in total. The number of hydrogen-bond donors (Lipinski definition) is 0. The van der Waals surface area contributed by atoms with Crippen molar-refractivity contribution in [3.63, 3.8) is 0 Å². The molecule has 0 bridgehead atoms. The van der Waals surface area contributed by atoms with Crippen LogP contribution in [0.25, 0.3) is 0 Å². The minimum absolute atomic E-state index is 0.0201. The number of carbonyl (C=O) groups excluding carboxylic acids is 3.